The zero-order chi connectivity index (χ0) is 15.6. The van der Waals surface area contributed by atoms with Gasteiger partial charge in [0.05, 0.1) is 0 Å². The minimum atomic E-state index is 0.110. The van der Waals surface area contributed by atoms with E-state index in [1.54, 1.807) is 0 Å². The second kappa shape index (κ2) is 9.46. The Balaban J connectivity index is 1.62. The average Bonchev–Trinajstić information content (AvgIpc) is 2.58. The Bertz CT molecular complexity index is 427. The number of hydrogen-bond donors (Lipinski definition) is 1. The van der Waals surface area contributed by atoms with E-state index < -0.39 is 0 Å². The van der Waals surface area contributed by atoms with Crippen LogP contribution >= 0.6 is 0 Å². The Morgan fingerprint density at radius 2 is 1.82 bits per heavy atom. The molecule has 0 atom stereocenters. The molecule has 0 saturated carbocycles. The third-order valence-electron chi connectivity index (χ3n) is 4.28. The molecule has 1 aromatic carbocycles. The van der Waals surface area contributed by atoms with E-state index in [-0.39, 0.29) is 6.03 Å². The zero-order valence-electron chi connectivity index (χ0n) is 13.8. The van der Waals surface area contributed by atoms with Crippen LogP contribution in [0.25, 0.3) is 0 Å². The van der Waals surface area contributed by atoms with Gasteiger partial charge in [-0.15, -0.1) is 0 Å². The van der Waals surface area contributed by atoms with Gasteiger partial charge < -0.3 is 10.2 Å². The van der Waals surface area contributed by atoms with Gasteiger partial charge in [0.15, 0.2) is 0 Å². The second-order valence-corrected chi connectivity index (χ2v) is 6.00. The first-order valence-corrected chi connectivity index (χ1v) is 8.58. The van der Waals surface area contributed by atoms with Gasteiger partial charge in [-0.05, 0) is 18.4 Å². The van der Waals surface area contributed by atoms with E-state index in [4.69, 9.17) is 0 Å². The number of carbonyl (C=O) groups is 1. The standard InChI is InChI=1S/C18H29N3O/c1-2-3-7-11-19-18(22)21-15-13-20(14-16-21)12-10-17-8-5-4-6-9-17/h4-6,8-9H,2-3,7,10-16H2,1H3,(H,19,22). The summed E-state index contributed by atoms with van der Waals surface area (Å²) >= 11 is 0. The molecular weight excluding hydrogens is 274 g/mol. The summed E-state index contributed by atoms with van der Waals surface area (Å²) in [4.78, 5) is 16.4. The van der Waals surface area contributed by atoms with Crippen LogP contribution in [-0.2, 0) is 6.42 Å². The molecule has 0 radical (unpaired) electrons. The molecule has 0 unspecified atom stereocenters. The van der Waals surface area contributed by atoms with Crippen LogP contribution in [0.1, 0.15) is 31.7 Å². The van der Waals surface area contributed by atoms with Gasteiger partial charge in [0, 0.05) is 39.3 Å². The number of piperazine rings is 1. The number of urea groups is 1. The van der Waals surface area contributed by atoms with Gasteiger partial charge in [0.1, 0.15) is 0 Å². The molecule has 1 fully saturated rings. The van der Waals surface area contributed by atoms with Crippen LogP contribution in [0.15, 0.2) is 30.3 Å². The van der Waals surface area contributed by atoms with Crippen LogP contribution in [0.5, 0.6) is 0 Å². The number of unbranched alkanes of at least 4 members (excludes halogenated alkanes) is 2. The Labute approximate surface area is 134 Å². The minimum absolute atomic E-state index is 0.110. The zero-order valence-corrected chi connectivity index (χ0v) is 13.8. The van der Waals surface area contributed by atoms with Gasteiger partial charge in [-0.2, -0.15) is 0 Å². The Hall–Kier alpha value is -1.55. The second-order valence-electron chi connectivity index (χ2n) is 6.00. The Morgan fingerprint density at radius 3 is 2.50 bits per heavy atom. The largest absolute Gasteiger partial charge is 0.338 e. The lowest BCUT2D eigenvalue weighted by molar-refractivity contribution is 0.140. The molecule has 4 nitrogen and oxygen atoms in total. The van der Waals surface area contributed by atoms with Crippen molar-refractivity contribution in [2.45, 2.75) is 32.6 Å². The lowest BCUT2D eigenvalue weighted by Gasteiger charge is -2.34. The highest BCUT2D eigenvalue weighted by molar-refractivity contribution is 5.74. The highest BCUT2D eigenvalue weighted by atomic mass is 16.2. The van der Waals surface area contributed by atoms with Gasteiger partial charge in [0.25, 0.3) is 0 Å². The number of benzene rings is 1. The lowest BCUT2D eigenvalue weighted by Crippen LogP contribution is -2.52. The molecule has 2 rings (SSSR count). The summed E-state index contributed by atoms with van der Waals surface area (Å²) in [6.07, 6.45) is 4.55. The number of nitrogens with zero attached hydrogens (tertiary/aromatic N) is 2. The topological polar surface area (TPSA) is 35.6 Å². The van der Waals surface area contributed by atoms with E-state index in [1.807, 2.05) is 4.90 Å². The fourth-order valence-electron chi connectivity index (χ4n) is 2.79. The molecule has 0 aliphatic carbocycles. The van der Waals surface area contributed by atoms with Crippen molar-refractivity contribution >= 4 is 6.03 Å². The van der Waals surface area contributed by atoms with Crippen LogP contribution in [0, 0.1) is 0 Å². The highest BCUT2D eigenvalue weighted by Gasteiger charge is 2.20. The van der Waals surface area contributed by atoms with Gasteiger partial charge in [0.2, 0.25) is 0 Å². The lowest BCUT2D eigenvalue weighted by atomic mass is 10.1. The van der Waals surface area contributed by atoms with Crippen molar-refractivity contribution in [3.05, 3.63) is 35.9 Å². The molecule has 0 aromatic heterocycles. The molecule has 1 aliphatic heterocycles. The molecule has 4 heteroatoms. The molecule has 2 amide bonds. The van der Waals surface area contributed by atoms with Crippen LogP contribution in [0.4, 0.5) is 4.79 Å². The molecule has 22 heavy (non-hydrogen) atoms. The molecular formula is C18H29N3O. The van der Waals surface area contributed by atoms with Crippen molar-refractivity contribution in [2.75, 3.05) is 39.3 Å². The molecule has 1 saturated heterocycles. The molecule has 1 N–H and O–H groups in total. The summed E-state index contributed by atoms with van der Waals surface area (Å²) in [7, 11) is 0. The number of rotatable bonds is 7. The van der Waals surface area contributed by atoms with Crippen molar-refractivity contribution in [3.63, 3.8) is 0 Å². The Morgan fingerprint density at radius 1 is 1.09 bits per heavy atom. The maximum atomic E-state index is 12.0. The number of hydrogen-bond acceptors (Lipinski definition) is 2. The first-order valence-electron chi connectivity index (χ1n) is 8.58. The van der Waals surface area contributed by atoms with Crippen LogP contribution in [-0.4, -0.2) is 55.1 Å². The molecule has 0 bridgehead atoms. The van der Waals surface area contributed by atoms with Gasteiger partial charge >= 0.3 is 6.03 Å². The Kier molecular flexibility index (Phi) is 7.23. The maximum Gasteiger partial charge on any atom is 0.317 e. The summed E-state index contributed by atoms with van der Waals surface area (Å²) in [5.41, 5.74) is 1.39. The van der Waals surface area contributed by atoms with E-state index >= 15 is 0 Å². The highest BCUT2D eigenvalue weighted by Crippen LogP contribution is 2.06. The summed E-state index contributed by atoms with van der Waals surface area (Å²) in [6, 6.07) is 10.7. The molecule has 1 aromatic rings. The fourth-order valence-corrected chi connectivity index (χ4v) is 2.79. The summed E-state index contributed by atoms with van der Waals surface area (Å²) < 4.78 is 0. The summed E-state index contributed by atoms with van der Waals surface area (Å²) in [6.45, 7) is 7.71. The van der Waals surface area contributed by atoms with Gasteiger partial charge in [-0.1, -0.05) is 50.1 Å². The molecule has 1 aliphatic rings. The number of carbonyl (C=O) groups excluding carboxylic acids is 1. The van der Waals surface area contributed by atoms with Gasteiger partial charge in [-0.3, -0.25) is 4.90 Å². The number of nitrogens with one attached hydrogen (secondary N) is 1. The summed E-state index contributed by atoms with van der Waals surface area (Å²) in [5.74, 6) is 0. The van der Waals surface area contributed by atoms with Crippen molar-refractivity contribution in [1.29, 1.82) is 0 Å². The predicted molar refractivity (Wildman–Crippen MR) is 91.1 cm³/mol. The monoisotopic (exact) mass is 303 g/mol. The maximum absolute atomic E-state index is 12.0. The first kappa shape index (κ1) is 16.8. The third-order valence-corrected chi connectivity index (χ3v) is 4.28. The van der Waals surface area contributed by atoms with Crippen molar-refractivity contribution < 1.29 is 4.79 Å². The quantitative estimate of drug-likeness (QED) is 0.786. The SMILES string of the molecule is CCCCCNC(=O)N1CCN(CCc2ccccc2)CC1. The fraction of sp³-hybridized carbons (Fsp3) is 0.611. The van der Waals surface area contributed by atoms with Crippen LogP contribution in [0.3, 0.4) is 0 Å². The molecule has 122 valence electrons. The smallest absolute Gasteiger partial charge is 0.317 e. The first-order chi connectivity index (χ1) is 10.8. The van der Waals surface area contributed by atoms with Crippen molar-refractivity contribution in [2.24, 2.45) is 0 Å². The summed E-state index contributed by atoms with van der Waals surface area (Å²) in [5, 5.41) is 3.03. The van der Waals surface area contributed by atoms with E-state index in [0.717, 1.165) is 52.1 Å². The van der Waals surface area contributed by atoms with E-state index in [9.17, 15) is 4.79 Å². The molecule has 0 spiro atoms. The van der Waals surface area contributed by atoms with E-state index in [1.165, 1.54) is 18.4 Å². The van der Waals surface area contributed by atoms with E-state index in [0.29, 0.717) is 0 Å². The third kappa shape index (κ3) is 5.68. The van der Waals surface area contributed by atoms with Crippen LogP contribution in [0.2, 0.25) is 0 Å². The average molecular weight is 303 g/mol. The molecule has 1 heterocycles. The van der Waals surface area contributed by atoms with Crippen molar-refractivity contribution in [1.82, 2.24) is 15.1 Å². The predicted octanol–water partition coefficient (Wildman–Crippen LogP) is 2.75. The normalized spacial score (nSPS) is 15.8. The number of amides is 2. The van der Waals surface area contributed by atoms with Gasteiger partial charge in [-0.25, -0.2) is 4.79 Å². The van der Waals surface area contributed by atoms with Crippen LogP contribution < -0.4 is 5.32 Å². The minimum Gasteiger partial charge on any atom is -0.338 e. The van der Waals surface area contributed by atoms with Crippen molar-refractivity contribution in [3.8, 4) is 0 Å². The van der Waals surface area contributed by atoms with E-state index in [2.05, 4.69) is 47.5 Å².